The number of aryl methyl sites for hydroxylation is 1. The van der Waals surface area contributed by atoms with Crippen LogP contribution in [-0.2, 0) is 5.41 Å². The van der Waals surface area contributed by atoms with E-state index in [2.05, 4.69) is 49.6 Å². The summed E-state index contributed by atoms with van der Waals surface area (Å²) in [4.78, 5) is 2.39. The fourth-order valence-corrected chi connectivity index (χ4v) is 6.13. The van der Waals surface area contributed by atoms with E-state index in [-0.39, 0.29) is 0 Å². The molecule has 35 heavy (non-hydrogen) atoms. The molecule has 3 aromatic rings. The molecule has 2 heterocycles. The van der Waals surface area contributed by atoms with Gasteiger partial charge in [-0.3, -0.25) is 0 Å². The Hall–Kier alpha value is -2.62. The highest BCUT2D eigenvalue weighted by Gasteiger charge is 2.54. The quantitative estimate of drug-likeness (QED) is 0.299. The molecule has 182 valence electrons. The molecule has 1 spiro atoms. The number of hydrogen-bond acceptors (Lipinski definition) is 3. The summed E-state index contributed by atoms with van der Waals surface area (Å²) in [6.45, 7) is 13.0. The fourth-order valence-electron chi connectivity index (χ4n) is 5.60. The average Bonchev–Trinajstić information content (AvgIpc) is 3.30. The number of rotatable bonds is 7. The Morgan fingerprint density at radius 1 is 1.06 bits per heavy atom. The van der Waals surface area contributed by atoms with Crippen molar-refractivity contribution in [3.63, 3.8) is 0 Å². The van der Waals surface area contributed by atoms with Crippen LogP contribution < -0.4 is 14.4 Å². The summed E-state index contributed by atoms with van der Waals surface area (Å²) in [7, 11) is 0. The molecule has 1 atom stereocenters. The Balaban J connectivity index is 1.75. The monoisotopic (exact) mass is 507 g/mol. The second kappa shape index (κ2) is 9.44. The van der Waals surface area contributed by atoms with Gasteiger partial charge in [0, 0.05) is 45.2 Å². The van der Waals surface area contributed by atoms with Gasteiger partial charge in [-0.1, -0.05) is 61.7 Å². The number of hydrogen-bond donors (Lipinski definition) is 0. The lowest BCUT2D eigenvalue weighted by Crippen LogP contribution is -2.34. The first kappa shape index (κ1) is 24.1. The summed E-state index contributed by atoms with van der Waals surface area (Å²) in [6, 6.07) is 16.5. The van der Waals surface area contributed by atoms with Gasteiger partial charge < -0.3 is 14.4 Å². The summed E-state index contributed by atoms with van der Waals surface area (Å²) < 4.78 is 12.3. The van der Waals surface area contributed by atoms with Crippen LogP contribution in [0.15, 0.2) is 60.8 Å². The molecule has 0 saturated heterocycles. The van der Waals surface area contributed by atoms with Crippen molar-refractivity contribution >= 4 is 28.9 Å². The summed E-state index contributed by atoms with van der Waals surface area (Å²) in [5, 5.41) is 1.24. The van der Waals surface area contributed by atoms with Crippen molar-refractivity contribution in [3.8, 4) is 22.6 Å². The highest BCUT2D eigenvalue weighted by molar-refractivity contribution is 6.35. The van der Waals surface area contributed by atoms with Gasteiger partial charge in [-0.05, 0) is 67.3 Å². The third-order valence-electron chi connectivity index (χ3n) is 7.22. The number of nitrogens with zero attached hydrogens (tertiary/aromatic N) is 1. The molecule has 5 heteroatoms. The molecule has 0 radical (unpaired) electrons. The maximum absolute atomic E-state index is 6.44. The minimum atomic E-state index is -0.488. The smallest absolute Gasteiger partial charge is 0.127 e. The topological polar surface area (TPSA) is 21.7 Å². The summed E-state index contributed by atoms with van der Waals surface area (Å²) in [5.74, 6) is 1.72. The zero-order valence-corrected chi connectivity index (χ0v) is 22.1. The van der Waals surface area contributed by atoms with E-state index in [1.165, 1.54) is 24.1 Å². The van der Waals surface area contributed by atoms with Crippen molar-refractivity contribution in [2.45, 2.75) is 45.4 Å². The largest absolute Gasteiger partial charge is 0.493 e. The number of fused-ring (bicyclic) bond motifs is 4. The molecule has 0 bridgehead atoms. The Morgan fingerprint density at radius 3 is 2.54 bits per heavy atom. The van der Waals surface area contributed by atoms with Crippen molar-refractivity contribution < 1.29 is 9.47 Å². The molecule has 1 unspecified atom stereocenters. The molecule has 0 aromatic heterocycles. The van der Waals surface area contributed by atoms with Gasteiger partial charge in [0.25, 0.3) is 0 Å². The maximum Gasteiger partial charge on any atom is 0.127 e. The SMILES string of the molecule is C=C1N(CCCCC)c2cccc(-c3cc(Cl)cc(Cl)c3)c2C12COc1cc(OCC)c(C)cc12. The predicted molar refractivity (Wildman–Crippen MR) is 147 cm³/mol. The molecule has 0 N–H and O–H groups in total. The van der Waals surface area contributed by atoms with E-state index in [0.29, 0.717) is 23.3 Å². The van der Waals surface area contributed by atoms with Crippen LogP contribution in [0.25, 0.3) is 11.1 Å². The van der Waals surface area contributed by atoms with Gasteiger partial charge in [-0.2, -0.15) is 0 Å². The van der Waals surface area contributed by atoms with Crippen molar-refractivity contribution in [3.05, 3.63) is 87.5 Å². The van der Waals surface area contributed by atoms with E-state index in [1.54, 1.807) is 6.07 Å². The van der Waals surface area contributed by atoms with Crippen molar-refractivity contribution in [2.75, 3.05) is 24.7 Å². The van der Waals surface area contributed by atoms with Gasteiger partial charge in [0.15, 0.2) is 0 Å². The summed E-state index contributed by atoms with van der Waals surface area (Å²) >= 11 is 12.9. The van der Waals surface area contributed by atoms with Gasteiger partial charge in [-0.25, -0.2) is 0 Å². The minimum Gasteiger partial charge on any atom is -0.493 e. The molecule has 0 amide bonds. The summed E-state index contributed by atoms with van der Waals surface area (Å²) in [5.41, 5.74) is 7.31. The Kier molecular flexibility index (Phi) is 6.50. The highest BCUT2D eigenvalue weighted by atomic mass is 35.5. The first-order valence-corrected chi connectivity index (χ1v) is 13.1. The number of halogens is 2. The normalized spacial score (nSPS) is 18.1. The Bertz CT molecular complexity index is 1280. The first-order chi connectivity index (χ1) is 16.9. The molecular formula is C30H31Cl2NO2. The molecule has 0 fully saturated rings. The lowest BCUT2D eigenvalue weighted by Gasteiger charge is -2.29. The molecule has 3 aromatic carbocycles. The molecule has 5 rings (SSSR count). The van der Waals surface area contributed by atoms with Crippen LogP contribution in [0.5, 0.6) is 11.5 Å². The van der Waals surface area contributed by atoms with Gasteiger partial charge >= 0.3 is 0 Å². The second-order valence-corrected chi connectivity index (χ2v) is 10.3. The third kappa shape index (κ3) is 3.90. The van der Waals surface area contributed by atoms with Gasteiger partial charge in [0.1, 0.15) is 18.1 Å². The Labute approximate surface area is 218 Å². The van der Waals surface area contributed by atoms with Crippen molar-refractivity contribution in [1.82, 2.24) is 0 Å². The molecule has 0 saturated carbocycles. The lowest BCUT2D eigenvalue weighted by molar-refractivity contribution is 0.308. The van der Waals surface area contributed by atoms with Crippen LogP contribution >= 0.6 is 23.2 Å². The number of ether oxygens (including phenoxy) is 2. The van der Waals surface area contributed by atoms with Crippen LogP contribution in [0.3, 0.4) is 0 Å². The molecule has 2 aliphatic rings. The van der Waals surface area contributed by atoms with E-state index in [4.69, 9.17) is 32.7 Å². The first-order valence-electron chi connectivity index (χ1n) is 12.4. The minimum absolute atomic E-state index is 0.488. The molecule has 0 aliphatic carbocycles. The van der Waals surface area contributed by atoms with E-state index in [0.717, 1.165) is 52.4 Å². The van der Waals surface area contributed by atoms with Gasteiger partial charge in [0.05, 0.1) is 12.0 Å². The standard InChI is InChI=1S/C30H31Cl2NO2/c1-5-7-8-12-33-20(4)30(18-35-28-17-27(34-6-2)19(3)13-25(28)30)29-24(10-9-11-26(29)33)21-14-22(31)16-23(32)15-21/h9-11,13-17H,4-8,12,18H2,1-3H3. The van der Waals surface area contributed by atoms with Crippen LogP contribution in [0.1, 0.15) is 49.8 Å². The maximum atomic E-state index is 6.44. The Morgan fingerprint density at radius 2 is 1.83 bits per heavy atom. The third-order valence-corrected chi connectivity index (χ3v) is 7.65. The molecular weight excluding hydrogens is 477 g/mol. The molecule has 2 aliphatic heterocycles. The van der Waals surface area contributed by atoms with Crippen LogP contribution in [0.4, 0.5) is 5.69 Å². The van der Waals surface area contributed by atoms with E-state index >= 15 is 0 Å². The zero-order chi connectivity index (χ0) is 24.7. The highest BCUT2D eigenvalue weighted by Crippen LogP contribution is 2.59. The fraction of sp³-hybridized carbons (Fsp3) is 0.333. The molecule has 3 nitrogen and oxygen atoms in total. The van der Waals surface area contributed by atoms with Crippen molar-refractivity contribution in [1.29, 1.82) is 0 Å². The van der Waals surface area contributed by atoms with E-state index in [1.807, 2.05) is 25.1 Å². The van der Waals surface area contributed by atoms with Crippen LogP contribution in [-0.4, -0.2) is 19.8 Å². The van der Waals surface area contributed by atoms with Gasteiger partial charge in [-0.15, -0.1) is 0 Å². The van der Waals surface area contributed by atoms with E-state index in [9.17, 15) is 0 Å². The van der Waals surface area contributed by atoms with Crippen molar-refractivity contribution in [2.24, 2.45) is 0 Å². The summed E-state index contributed by atoms with van der Waals surface area (Å²) in [6.07, 6.45) is 3.46. The average molecular weight is 508 g/mol. The van der Waals surface area contributed by atoms with Gasteiger partial charge in [0.2, 0.25) is 0 Å². The van der Waals surface area contributed by atoms with Crippen LogP contribution in [0.2, 0.25) is 10.0 Å². The second-order valence-electron chi connectivity index (χ2n) is 9.40. The van der Waals surface area contributed by atoms with E-state index < -0.39 is 5.41 Å². The van der Waals surface area contributed by atoms with Crippen LogP contribution in [0, 0.1) is 6.92 Å². The number of unbranched alkanes of at least 4 members (excludes halogenated alkanes) is 2. The number of benzene rings is 3. The zero-order valence-electron chi connectivity index (χ0n) is 20.6. The predicted octanol–water partition coefficient (Wildman–Crippen LogP) is 8.57. The number of anilines is 1. The lowest BCUT2D eigenvalue weighted by atomic mass is 9.72.